The molecular formula is C8H14N2O. The lowest BCUT2D eigenvalue weighted by Gasteiger charge is -2.08. The molecule has 0 aliphatic heterocycles. The lowest BCUT2D eigenvalue weighted by molar-refractivity contribution is 0.207. The summed E-state index contributed by atoms with van der Waals surface area (Å²) in [4.78, 5) is 0. The minimum atomic E-state index is 0.255. The van der Waals surface area contributed by atoms with E-state index in [0.29, 0.717) is 5.88 Å². The molecule has 1 aromatic rings. The van der Waals surface area contributed by atoms with Gasteiger partial charge < -0.3 is 4.74 Å². The Morgan fingerprint density at radius 3 is 2.91 bits per heavy atom. The number of hydrogen-bond acceptors (Lipinski definition) is 2. The highest BCUT2D eigenvalue weighted by atomic mass is 16.5. The summed E-state index contributed by atoms with van der Waals surface area (Å²) < 4.78 is 7.19. The summed E-state index contributed by atoms with van der Waals surface area (Å²) in [5.41, 5.74) is 0. The predicted molar refractivity (Wildman–Crippen MR) is 43.6 cm³/mol. The highest BCUT2D eigenvalue weighted by molar-refractivity contribution is 5.05. The van der Waals surface area contributed by atoms with Gasteiger partial charge in [0.1, 0.15) is 0 Å². The normalized spacial score (nSPS) is 13.0. The van der Waals surface area contributed by atoms with Crippen LogP contribution in [0.5, 0.6) is 5.88 Å². The largest absolute Gasteiger partial charge is 0.474 e. The molecule has 0 spiro atoms. The molecular weight excluding hydrogens is 140 g/mol. The number of aryl methyl sites for hydroxylation is 1. The van der Waals surface area contributed by atoms with Gasteiger partial charge in [-0.1, -0.05) is 6.92 Å². The second-order valence-electron chi connectivity index (χ2n) is 2.66. The molecule has 1 rings (SSSR count). The summed E-state index contributed by atoms with van der Waals surface area (Å²) in [5, 5.41) is 4.09. The Balaban J connectivity index is 2.50. The molecule has 62 valence electrons. The summed E-state index contributed by atoms with van der Waals surface area (Å²) in [5.74, 6) is 0.710. The Morgan fingerprint density at radius 2 is 2.45 bits per heavy atom. The average molecular weight is 154 g/mol. The van der Waals surface area contributed by atoms with Crippen LogP contribution in [0.25, 0.3) is 0 Å². The molecule has 1 atom stereocenters. The molecule has 0 saturated carbocycles. The Kier molecular flexibility index (Phi) is 2.52. The van der Waals surface area contributed by atoms with E-state index in [2.05, 4.69) is 12.0 Å². The highest BCUT2D eigenvalue weighted by Gasteiger charge is 2.01. The van der Waals surface area contributed by atoms with E-state index < -0.39 is 0 Å². The van der Waals surface area contributed by atoms with E-state index in [1.807, 2.05) is 26.2 Å². The first-order valence-electron chi connectivity index (χ1n) is 3.88. The Bertz CT molecular complexity index is 220. The summed E-state index contributed by atoms with van der Waals surface area (Å²) in [6.45, 7) is 4.13. The molecule has 0 radical (unpaired) electrons. The molecule has 1 heterocycles. The van der Waals surface area contributed by atoms with Gasteiger partial charge >= 0.3 is 0 Å². The maximum absolute atomic E-state index is 5.45. The van der Waals surface area contributed by atoms with Crippen LogP contribution in [0.15, 0.2) is 12.3 Å². The van der Waals surface area contributed by atoms with Gasteiger partial charge in [-0.05, 0) is 13.3 Å². The van der Waals surface area contributed by atoms with Gasteiger partial charge in [-0.2, -0.15) is 0 Å². The molecule has 0 aliphatic rings. The molecule has 1 aromatic heterocycles. The van der Waals surface area contributed by atoms with Gasteiger partial charge in [0.25, 0.3) is 0 Å². The van der Waals surface area contributed by atoms with Crippen molar-refractivity contribution in [2.75, 3.05) is 0 Å². The van der Waals surface area contributed by atoms with Crippen molar-refractivity contribution in [2.24, 2.45) is 7.05 Å². The fraction of sp³-hybridized carbons (Fsp3) is 0.625. The van der Waals surface area contributed by atoms with Crippen LogP contribution < -0.4 is 4.74 Å². The SMILES string of the molecule is CC[C@H](C)Oc1ccn(C)n1. The standard InChI is InChI=1S/C8H14N2O/c1-4-7(2)11-8-5-6-10(3)9-8/h5-7H,4H2,1-3H3/t7-/m0/s1. The Hall–Kier alpha value is -0.990. The van der Waals surface area contributed by atoms with Crippen LogP contribution in [0.2, 0.25) is 0 Å². The zero-order valence-corrected chi connectivity index (χ0v) is 7.24. The second kappa shape index (κ2) is 3.42. The van der Waals surface area contributed by atoms with Crippen molar-refractivity contribution in [3.05, 3.63) is 12.3 Å². The highest BCUT2D eigenvalue weighted by Crippen LogP contribution is 2.08. The zero-order valence-electron chi connectivity index (χ0n) is 7.24. The minimum absolute atomic E-state index is 0.255. The quantitative estimate of drug-likeness (QED) is 0.661. The van der Waals surface area contributed by atoms with Crippen molar-refractivity contribution in [1.82, 2.24) is 9.78 Å². The fourth-order valence-corrected chi connectivity index (χ4v) is 0.746. The number of nitrogens with zero attached hydrogens (tertiary/aromatic N) is 2. The van der Waals surface area contributed by atoms with Gasteiger partial charge in [0.15, 0.2) is 0 Å². The first-order chi connectivity index (χ1) is 5.22. The van der Waals surface area contributed by atoms with Gasteiger partial charge in [-0.15, -0.1) is 5.10 Å². The fourth-order valence-electron chi connectivity index (χ4n) is 0.746. The topological polar surface area (TPSA) is 27.1 Å². The van der Waals surface area contributed by atoms with E-state index in [0.717, 1.165) is 6.42 Å². The van der Waals surface area contributed by atoms with Crippen LogP contribution in [0.3, 0.4) is 0 Å². The third kappa shape index (κ3) is 2.26. The number of ether oxygens (including phenoxy) is 1. The van der Waals surface area contributed by atoms with Gasteiger partial charge in [0, 0.05) is 19.3 Å². The summed E-state index contributed by atoms with van der Waals surface area (Å²) in [7, 11) is 1.88. The monoisotopic (exact) mass is 154 g/mol. The molecule has 3 nitrogen and oxygen atoms in total. The van der Waals surface area contributed by atoms with Crippen LogP contribution in [-0.4, -0.2) is 15.9 Å². The number of rotatable bonds is 3. The lowest BCUT2D eigenvalue weighted by Crippen LogP contribution is -2.10. The van der Waals surface area contributed by atoms with Crippen molar-refractivity contribution >= 4 is 0 Å². The van der Waals surface area contributed by atoms with Gasteiger partial charge in [0.2, 0.25) is 5.88 Å². The minimum Gasteiger partial charge on any atom is -0.474 e. The van der Waals surface area contributed by atoms with E-state index in [1.54, 1.807) is 4.68 Å². The average Bonchev–Trinajstić information content (AvgIpc) is 2.35. The third-order valence-corrected chi connectivity index (χ3v) is 1.59. The molecule has 0 fully saturated rings. The Labute approximate surface area is 67.0 Å². The van der Waals surface area contributed by atoms with Gasteiger partial charge in [0.05, 0.1) is 6.10 Å². The molecule has 3 heteroatoms. The van der Waals surface area contributed by atoms with E-state index in [1.165, 1.54) is 0 Å². The van der Waals surface area contributed by atoms with Crippen molar-refractivity contribution < 1.29 is 4.74 Å². The Morgan fingerprint density at radius 1 is 1.73 bits per heavy atom. The number of aromatic nitrogens is 2. The molecule has 0 saturated heterocycles. The lowest BCUT2D eigenvalue weighted by atomic mass is 10.3. The number of hydrogen-bond donors (Lipinski definition) is 0. The smallest absolute Gasteiger partial charge is 0.232 e. The van der Waals surface area contributed by atoms with Crippen LogP contribution in [0.4, 0.5) is 0 Å². The van der Waals surface area contributed by atoms with E-state index in [4.69, 9.17) is 4.74 Å². The molecule has 11 heavy (non-hydrogen) atoms. The first kappa shape index (κ1) is 8.11. The van der Waals surface area contributed by atoms with Crippen LogP contribution in [0.1, 0.15) is 20.3 Å². The van der Waals surface area contributed by atoms with Crippen molar-refractivity contribution in [3.63, 3.8) is 0 Å². The van der Waals surface area contributed by atoms with E-state index >= 15 is 0 Å². The van der Waals surface area contributed by atoms with Crippen LogP contribution in [-0.2, 0) is 7.05 Å². The second-order valence-corrected chi connectivity index (χ2v) is 2.66. The van der Waals surface area contributed by atoms with Crippen molar-refractivity contribution in [3.8, 4) is 5.88 Å². The zero-order chi connectivity index (χ0) is 8.27. The maximum Gasteiger partial charge on any atom is 0.232 e. The van der Waals surface area contributed by atoms with E-state index in [-0.39, 0.29) is 6.10 Å². The van der Waals surface area contributed by atoms with Gasteiger partial charge in [-0.25, -0.2) is 0 Å². The molecule has 0 N–H and O–H groups in total. The first-order valence-corrected chi connectivity index (χ1v) is 3.88. The van der Waals surface area contributed by atoms with Crippen LogP contribution >= 0.6 is 0 Å². The van der Waals surface area contributed by atoms with Crippen molar-refractivity contribution in [2.45, 2.75) is 26.4 Å². The molecule has 0 unspecified atom stereocenters. The summed E-state index contributed by atoms with van der Waals surface area (Å²) in [6.07, 6.45) is 3.14. The van der Waals surface area contributed by atoms with Crippen LogP contribution in [0, 0.1) is 0 Å². The molecule has 0 bridgehead atoms. The van der Waals surface area contributed by atoms with E-state index in [9.17, 15) is 0 Å². The maximum atomic E-state index is 5.45. The predicted octanol–water partition coefficient (Wildman–Crippen LogP) is 1.60. The molecule has 0 amide bonds. The van der Waals surface area contributed by atoms with Crippen molar-refractivity contribution in [1.29, 1.82) is 0 Å². The third-order valence-electron chi connectivity index (χ3n) is 1.59. The van der Waals surface area contributed by atoms with Gasteiger partial charge in [-0.3, -0.25) is 4.68 Å². The molecule has 0 aliphatic carbocycles. The summed E-state index contributed by atoms with van der Waals surface area (Å²) in [6, 6.07) is 1.87. The molecule has 0 aromatic carbocycles. The summed E-state index contributed by atoms with van der Waals surface area (Å²) >= 11 is 0.